The Morgan fingerprint density at radius 1 is 1.50 bits per heavy atom. The first-order valence-electron chi connectivity index (χ1n) is 8.06. The minimum Gasteiger partial charge on any atom is -0.462 e. The second-order valence-corrected chi connectivity index (χ2v) is 7.16. The van der Waals surface area contributed by atoms with Gasteiger partial charge in [0.05, 0.1) is 12.2 Å². The molecule has 0 fully saturated rings. The average Bonchev–Trinajstić information content (AvgIpc) is 3.10. The molecule has 3 rings (SSSR count). The SMILES string of the molecule is CCOC(=O)c1c(NC(=O)c2cc(C)on2)sc2c1CC[C@@H](C)C2. The highest BCUT2D eigenvalue weighted by Gasteiger charge is 2.29. The zero-order valence-corrected chi connectivity index (χ0v) is 14.8. The van der Waals surface area contributed by atoms with Crippen LogP contribution >= 0.6 is 11.3 Å². The van der Waals surface area contributed by atoms with Crippen LogP contribution in [0.5, 0.6) is 0 Å². The Bertz CT molecular complexity index is 778. The monoisotopic (exact) mass is 348 g/mol. The Morgan fingerprint density at radius 2 is 2.29 bits per heavy atom. The molecule has 2 heterocycles. The van der Waals surface area contributed by atoms with Gasteiger partial charge in [0.1, 0.15) is 10.8 Å². The summed E-state index contributed by atoms with van der Waals surface area (Å²) in [4.78, 5) is 25.9. The first-order chi connectivity index (χ1) is 11.5. The highest BCUT2D eigenvalue weighted by atomic mass is 32.1. The van der Waals surface area contributed by atoms with Crippen LogP contribution < -0.4 is 5.32 Å². The lowest BCUT2D eigenvalue weighted by molar-refractivity contribution is 0.0526. The van der Waals surface area contributed by atoms with Crippen molar-refractivity contribution in [3.05, 3.63) is 33.5 Å². The summed E-state index contributed by atoms with van der Waals surface area (Å²) in [6.07, 6.45) is 2.79. The van der Waals surface area contributed by atoms with Gasteiger partial charge in [-0.1, -0.05) is 12.1 Å². The number of aryl methyl sites for hydroxylation is 1. The van der Waals surface area contributed by atoms with Gasteiger partial charge >= 0.3 is 5.97 Å². The van der Waals surface area contributed by atoms with Crippen LogP contribution in [0.15, 0.2) is 10.6 Å². The Hall–Kier alpha value is -2.15. The molecule has 0 aliphatic heterocycles. The van der Waals surface area contributed by atoms with Crippen molar-refractivity contribution in [3.8, 4) is 0 Å². The first-order valence-corrected chi connectivity index (χ1v) is 8.87. The molecule has 1 N–H and O–H groups in total. The van der Waals surface area contributed by atoms with Crippen molar-refractivity contribution in [2.45, 2.75) is 40.0 Å². The number of amides is 1. The molecule has 128 valence electrons. The number of hydrogen-bond acceptors (Lipinski definition) is 6. The lowest BCUT2D eigenvalue weighted by atomic mass is 9.88. The van der Waals surface area contributed by atoms with Crippen LogP contribution in [-0.4, -0.2) is 23.6 Å². The minimum absolute atomic E-state index is 0.196. The van der Waals surface area contributed by atoms with E-state index in [2.05, 4.69) is 17.4 Å². The number of carbonyl (C=O) groups is 2. The fourth-order valence-electron chi connectivity index (χ4n) is 2.90. The second-order valence-electron chi connectivity index (χ2n) is 6.05. The van der Waals surface area contributed by atoms with E-state index in [4.69, 9.17) is 9.26 Å². The lowest BCUT2D eigenvalue weighted by Gasteiger charge is -2.18. The molecular weight excluding hydrogens is 328 g/mol. The van der Waals surface area contributed by atoms with Crippen molar-refractivity contribution < 1.29 is 18.8 Å². The van der Waals surface area contributed by atoms with Gasteiger partial charge in [-0.2, -0.15) is 0 Å². The summed E-state index contributed by atoms with van der Waals surface area (Å²) in [6.45, 7) is 5.99. The fourth-order valence-corrected chi connectivity index (χ4v) is 4.29. The number of nitrogens with zero attached hydrogens (tertiary/aromatic N) is 1. The Balaban J connectivity index is 1.94. The minimum atomic E-state index is -0.385. The third kappa shape index (κ3) is 3.21. The number of hydrogen-bond donors (Lipinski definition) is 1. The van der Waals surface area contributed by atoms with Crippen molar-refractivity contribution in [2.24, 2.45) is 5.92 Å². The number of ether oxygens (including phenoxy) is 1. The van der Waals surface area contributed by atoms with Crippen LogP contribution in [0, 0.1) is 12.8 Å². The smallest absolute Gasteiger partial charge is 0.341 e. The number of nitrogens with one attached hydrogen (secondary N) is 1. The van der Waals surface area contributed by atoms with E-state index in [9.17, 15) is 9.59 Å². The van der Waals surface area contributed by atoms with Crippen molar-refractivity contribution >= 4 is 28.2 Å². The Morgan fingerprint density at radius 3 is 2.96 bits per heavy atom. The van der Waals surface area contributed by atoms with E-state index in [1.54, 1.807) is 19.9 Å². The van der Waals surface area contributed by atoms with Gasteiger partial charge in [-0.3, -0.25) is 4.79 Å². The molecular formula is C17H20N2O4S. The third-order valence-electron chi connectivity index (χ3n) is 4.08. The summed E-state index contributed by atoms with van der Waals surface area (Å²) in [6, 6.07) is 1.56. The number of esters is 1. The van der Waals surface area contributed by atoms with Gasteiger partial charge in [-0.15, -0.1) is 11.3 Å². The standard InChI is InChI=1S/C17H20N2O4S/c1-4-22-17(21)14-11-6-5-9(2)7-13(11)24-16(14)18-15(20)12-8-10(3)23-19-12/h8-9H,4-7H2,1-3H3,(H,18,20)/t9-/m1/s1. The third-order valence-corrected chi connectivity index (χ3v) is 5.25. The molecule has 0 radical (unpaired) electrons. The van der Waals surface area contributed by atoms with E-state index in [-0.39, 0.29) is 17.6 Å². The van der Waals surface area contributed by atoms with Crippen molar-refractivity contribution in [1.29, 1.82) is 0 Å². The average molecular weight is 348 g/mol. The number of rotatable bonds is 4. The van der Waals surface area contributed by atoms with E-state index in [1.807, 2.05) is 0 Å². The van der Waals surface area contributed by atoms with Crippen LogP contribution in [0.4, 0.5) is 5.00 Å². The van der Waals surface area contributed by atoms with Gasteiger partial charge < -0.3 is 14.6 Å². The molecule has 0 unspecified atom stereocenters. The quantitative estimate of drug-likeness (QED) is 0.854. The molecule has 7 heteroatoms. The summed E-state index contributed by atoms with van der Waals surface area (Å²) >= 11 is 1.46. The molecule has 2 aromatic heterocycles. The maximum atomic E-state index is 12.4. The number of aromatic nitrogens is 1. The van der Waals surface area contributed by atoms with E-state index >= 15 is 0 Å². The highest BCUT2D eigenvalue weighted by Crippen LogP contribution is 2.40. The van der Waals surface area contributed by atoms with Gasteiger partial charge in [-0.05, 0) is 44.6 Å². The zero-order chi connectivity index (χ0) is 17.3. The van der Waals surface area contributed by atoms with E-state index in [0.29, 0.717) is 28.8 Å². The van der Waals surface area contributed by atoms with Gasteiger partial charge in [0.2, 0.25) is 0 Å². The molecule has 6 nitrogen and oxygen atoms in total. The molecule has 0 bridgehead atoms. The molecule has 0 spiro atoms. The number of carbonyl (C=O) groups excluding carboxylic acids is 2. The normalized spacial score (nSPS) is 16.5. The van der Waals surface area contributed by atoms with Crippen molar-refractivity contribution in [1.82, 2.24) is 5.16 Å². The Kier molecular flexibility index (Phi) is 4.71. The van der Waals surface area contributed by atoms with Crippen LogP contribution in [0.25, 0.3) is 0 Å². The van der Waals surface area contributed by atoms with Gasteiger partial charge in [0.25, 0.3) is 5.91 Å². The zero-order valence-electron chi connectivity index (χ0n) is 14.0. The largest absolute Gasteiger partial charge is 0.462 e. The molecule has 1 aliphatic carbocycles. The maximum absolute atomic E-state index is 12.4. The van der Waals surface area contributed by atoms with Crippen molar-refractivity contribution in [3.63, 3.8) is 0 Å². The summed E-state index contributed by atoms with van der Waals surface area (Å²) in [5.74, 6) is 0.373. The van der Waals surface area contributed by atoms with Gasteiger partial charge in [0, 0.05) is 10.9 Å². The molecule has 0 aromatic carbocycles. The fraction of sp³-hybridized carbons (Fsp3) is 0.471. The van der Waals surface area contributed by atoms with Gasteiger partial charge in [-0.25, -0.2) is 4.79 Å². The first kappa shape index (κ1) is 16.7. The van der Waals surface area contributed by atoms with E-state index in [1.165, 1.54) is 11.3 Å². The predicted octanol–water partition coefficient (Wildman–Crippen LogP) is 3.60. The number of fused-ring (bicyclic) bond motifs is 1. The molecule has 0 saturated heterocycles. The summed E-state index contributed by atoms with van der Waals surface area (Å²) in [5, 5.41) is 7.07. The van der Waals surface area contributed by atoms with Crippen molar-refractivity contribution in [2.75, 3.05) is 11.9 Å². The van der Waals surface area contributed by atoms with Gasteiger partial charge in [0.15, 0.2) is 5.69 Å². The molecule has 1 atom stereocenters. The topological polar surface area (TPSA) is 81.4 Å². The van der Waals surface area contributed by atoms with E-state index < -0.39 is 0 Å². The summed E-state index contributed by atoms with van der Waals surface area (Å²) < 4.78 is 10.1. The predicted molar refractivity (Wildman–Crippen MR) is 90.7 cm³/mol. The highest BCUT2D eigenvalue weighted by molar-refractivity contribution is 7.17. The molecule has 0 saturated carbocycles. The van der Waals surface area contributed by atoms with E-state index in [0.717, 1.165) is 29.7 Å². The molecule has 1 aliphatic rings. The summed E-state index contributed by atoms with van der Waals surface area (Å²) in [5.41, 5.74) is 1.71. The summed E-state index contributed by atoms with van der Waals surface area (Å²) in [7, 11) is 0. The van der Waals surface area contributed by atoms with Crippen LogP contribution in [0.3, 0.4) is 0 Å². The second kappa shape index (κ2) is 6.76. The number of anilines is 1. The maximum Gasteiger partial charge on any atom is 0.341 e. The van der Waals surface area contributed by atoms with Crippen LogP contribution in [-0.2, 0) is 17.6 Å². The lowest BCUT2D eigenvalue weighted by Crippen LogP contribution is -2.16. The van der Waals surface area contributed by atoms with Crippen LogP contribution in [0.1, 0.15) is 57.3 Å². The molecule has 1 amide bonds. The molecule has 2 aromatic rings. The molecule has 24 heavy (non-hydrogen) atoms. The Labute approximate surface area is 144 Å². The van der Waals surface area contributed by atoms with Crippen LogP contribution in [0.2, 0.25) is 0 Å². The number of thiophene rings is 1.